The molecule has 0 spiro atoms. The summed E-state index contributed by atoms with van der Waals surface area (Å²) in [6.07, 6.45) is 0. The Balaban J connectivity index is 0.00000144. The average Bonchev–Trinajstić information content (AvgIpc) is 3.73. The Bertz CT molecular complexity index is 2040. The van der Waals surface area contributed by atoms with Crippen molar-refractivity contribution in [2.75, 3.05) is 0 Å². The van der Waals surface area contributed by atoms with Gasteiger partial charge in [0.25, 0.3) is 0 Å². The zero-order valence-corrected chi connectivity index (χ0v) is 23.7. The van der Waals surface area contributed by atoms with Crippen LogP contribution in [0.25, 0.3) is 89.7 Å². The van der Waals surface area contributed by atoms with E-state index < -0.39 is 0 Å². The number of hydrogen-bond acceptors (Lipinski definition) is 6. The van der Waals surface area contributed by atoms with Crippen LogP contribution in [0.1, 0.15) is 0 Å². The molecule has 0 saturated heterocycles. The van der Waals surface area contributed by atoms with Crippen LogP contribution in [0.5, 0.6) is 0 Å². The largest absolute Gasteiger partial charge is 0.324 e. The van der Waals surface area contributed by atoms with Crippen LogP contribution in [-0.4, -0.2) is 39.9 Å². The summed E-state index contributed by atoms with van der Waals surface area (Å²) in [7, 11) is 0. The molecule has 7 aromatic rings. The minimum Gasteiger partial charge on any atom is -0.324 e. The van der Waals surface area contributed by atoms with Gasteiger partial charge >= 0.3 is 0 Å². The molecule has 0 fully saturated rings. The third-order valence-electron chi connectivity index (χ3n) is 7.46. The smallest absolute Gasteiger partial charge is 0.164 e. The van der Waals surface area contributed by atoms with Crippen LogP contribution in [0.2, 0.25) is 0 Å². The van der Waals surface area contributed by atoms with E-state index in [9.17, 15) is 0 Å². The molecule has 8 nitrogen and oxygen atoms in total. The van der Waals surface area contributed by atoms with Gasteiger partial charge < -0.3 is 9.97 Å². The maximum Gasteiger partial charge on any atom is 0.164 e. The van der Waals surface area contributed by atoms with Gasteiger partial charge in [-0.05, 0) is 0 Å². The molecule has 0 atom stereocenters. The molecule has 9 rings (SSSR count). The summed E-state index contributed by atoms with van der Waals surface area (Å²) in [6.45, 7) is 0. The fourth-order valence-corrected chi connectivity index (χ4v) is 5.59. The molecular weight excluding hydrogens is 611 g/mol. The molecule has 0 unspecified atom stereocenters. The van der Waals surface area contributed by atoms with E-state index in [4.69, 9.17) is 29.9 Å². The fourth-order valence-electron chi connectivity index (χ4n) is 5.59. The molecule has 3 aromatic heterocycles. The second kappa shape index (κ2) is 9.96. The number of aromatic nitrogens is 8. The molecule has 4 aromatic carbocycles. The Morgan fingerprint density at radius 2 is 0.571 bits per heavy atom. The van der Waals surface area contributed by atoms with Crippen molar-refractivity contribution < 1.29 is 33.6 Å². The second-order valence-electron chi connectivity index (χ2n) is 9.79. The zero-order valence-electron chi connectivity index (χ0n) is 21.6. The first-order chi connectivity index (χ1) is 19.8. The number of aromatic amines is 2. The number of hydrogen-bond donors (Lipinski definition) is 2. The SMILES string of the molecule is [Fe].[Ni].c1ccc2c(c1)-c1nc-2nc2[nH]c(nc3nc(nc4[nH]c(n1)c1ccccc41)-c1ccccc1-3)c1ccccc21. The van der Waals surface area contributed by atoms with Gasteiger partial charge in [0.15, 0.2) is 23.3 Å². The molecule has 42 heavy (non-hydrogen) atoms. The molecule has 8 bridgehead atoms. The maximum atomic E-state index is 5.02. The van der Waals surface area contributed by atoms with E-state index in [1.54, 1.807) is 0 Å². The normalized spacial score (nSPS) is 11.4. The van der Waals surface area contributed by atoms with E-state index in [-0.39, 0.29) is 33.6 Å². The molecule has 2 aliphatic rings. The van der Waals surface area contributed by atoms with Crippen LogP contribution in [0, 0.1) is 0 Å². The van der Waals surface area contributed by atoms with Gasteiger partial charge in [-0.3, -0.25) is 0 Å². The van der Waals surface area contributed by atoms with Crippen LogP contribution in [0.15, 0.2) is 97.1 Å². The van der Waals surface area contributed by atoms with Gasteiger partial charge in [0.2, 0.25) is 0 Å². The number of fused-ring (bicyclic) bond motifs is 20. The van der Waals surface area contributed by atoms with E-state index in [2.05, 4.69) is 9.97 Å². The van der Waals surface area contributed by atoms with Crippen molar-refractivity contribution in [3.8, 4) is 45.6 Å². The topological polar surface area (TPSA) is 109 Å². The van der Waals surface area contributed by atoms with Crippen molar-refractivity contribution in [1.29, 1.82) is 0 Å². The molecule has 0 aliphatic carbocycles. The molecule has 2 aliphatic heterocycles. The van der Waals surface area contributed by atoms with Gasteiger partial charge in [-0.2, -0.15) is 0 Å². The number of nitrogens with one attached hydrogen (secondary N) is 2. The van der Waals surface area contributed by atoms with Gasteiger partial charge in [-0.15, -0.1) is 0 Å². The molecular formula is C32H18FeN8Ni. The van der Waals surface area contributed by atoms with Crippen LogP contribution in [0.4, 0.5) is 0 Å². The molecule has 0 saturated carbocycles. The van der Waals surface area contributed by atoms with Crippen molar-refractivity contribution in [2.45, 2.75) is 0 Å². The van der Waals surface area contributed by atoms with Crippen molar-refractivity contribution in [1.82, 2.24) is 39.9 Å². The Kier molecular flexibility index (Phi) is 6.21. The summed E-state index contributed by atoms with van der Waals surface area (Å²) in [5.41, 5.74) is 6.45. The first-order valence-electron chi connectivity index (χ1n) is 13.0. The summed E-state index contributed by atoms with van der Waals surface area (Å²) in [6, 6.07) is 32.2. The van der Waals surface area contributed by atoms with Crippen LogP contribution < -0.4 is 0 Å². The Labute approximate surface area is 259 Å². The van der Waals surface area contributed by atoms with Gasteiger partial charge in [0.1, 0.15) is 22.6 Å². The molecule has 5 heterocycles. The predicted molar refractivity (Wildman–Crippen MR) is 156 cm³/mol. The molecule has 0 amide bonds. The van der Waals surface area contributed by atoms with Crippen molar-refractivity contribution in [2.24, 2.45) is 0 Å². The minimum absolute atomic E-state index is 0. The summed E-state index contributed by atoms with van der Waals surface area (Å²) in [5, 5.41) is 3.82. The van der Waals surface area contributed by atoms with E-state index >= 15 is 0 Å². The monoisotopic (exact) mass is 628 g/mol. The Hall–Kier alpha value is -4.75. The van der Waals surface area contributed by atoms with Gasteiger partial charge in [-0.25, -0.2) is 29.9 Å². The summed E-state index contributed by atoms with van der Waals surface area (Å²) in [4.78, 5) is 36.8. The van der Waals surface area contributed by atoms with E-state index in [0.717, 1.165) is 43.8 Å². The molecule has 2 N–H and O–H groups in total. The van der Waals surface area contributed by atoms with Crippen molar-refractivity contribution in [3.63, 3.8) is 0 Å². The Morgan fingerprint density at radius 1 is 0.333 bits per heavy atom. The average molecular weight is 629 g/mol. The van der Waals surface area contributed by atoms with Gasteiger partial charge in [0, 0.05) is 77.4 Å². The zero-order chi connectivity index (χ0) is 26.2. The maximum absolute atomic E-state index is 5.02. The fraction of sp³-hybridized carbons (Fsp3) is 0. The van der Waals surface area contributed by atoms with Gasteiger partial charge in [-0.1, -0.05) is 97.1 Å². The third kappa shape index (κ3) is 3.88. The first-order valence-corrected chi connectivity index (χ1v) is 13.0. The molecule has 10 heteroatoms. The third-order valence-corrected chi connectivity index (χ3v) is 7.46. The number of benzene rings is 4. The molecule has 204 valence electrons. The molecule has 0 radical (unpaired) electrons. The van der Waals surface area contributed by atoms with E-state index in [0.29, 0.717) is 45.9 Å². The second-order valence-corrected chi connectivity index (χ2v) is 9.79. The number of rotatable bonds is 0. The first kappa shape index (κ1) is 26.2. The standard InChI is InChI=1S/C32H18N8.Fe.Ni/c1-2-10-18-17(9-1)25-33-26(18)38-28-21-13-5-6-14-22(21)30(35-28)40-32-24-16-8-7-15-23(24)31(36-32)39-29-20-12-4-3-11-19(20)27(34-29)37-25;;/h1-16H,(H2,33,34,35,36,37,38,39,40);;. The van der Waals surface area contributed by atoms with E-state index in [1.165, 1.54) is 0 Å². The number of nitrogens with zero attached hydrogens (tertiary/aromatic N) is 6. The predicted octanol–water partition coefficient (Wildman–Crippen LogP) is 6.86. The summed E-state index contributed by atoms with van der Waals surface area (Å²) in [5.74, 6) is 2.39. The van der Waals surface area contributed by atoms with Crippen molar-refractivity contribution >= 4 is 44.1 Å². The Morgan fingerprint density at radius 3 is 0.833 bits per heavy atom. The summed E-state index contributed by atoms with van der Waals surface area (Å²) >= 11 is 0. The number of H-pyrrole nitrogens is 2. The van der Waals surface area contributed by atoms with Crippen LogP contribution >= 0.6 is 0 Å². The van der Waals surface area contributed by atoms with Gasteiger partial charge in [0.05, 0.1) is 0 Å². The van der Waals surface area contributed by atoms with E-state index in [1.807, 2.05) is 97.1 Å². The summed E-state index contributed by atoms with van der Waals surface area (Å²) < 4.78 is 0. The minimum atomic E-state index is 0. The quantitative estimate of drug-likeness (QED) is 0.178. The van der Waals surface area contributed by atoms with Crippen LogP contribution in [-0.2, 0) is 33.6 Å². The van der Waals surface area contributed by atoms with Crippen molar-refractivity contribution in [3.05, 3.63) is 97.1 Å². The van der Waals surface area contributed by atoms with Crippen LogP contribution in [0.3, 0.4) is 0 Å².